The van der Waals surface area contributed by atoms with Crippen LogP contribution >= 0.6 is 0 Å². The van der Waals surface area contributed by atoms with Gasteiger partial charge in [0.1, 0.15) is 5.71 Å². The molecule has 44 heavy (non-hydrogen) atoms. The molecule has 0 aromatic carbocycles. The normalized spacial score (nSPS) is 41.0. The van der Waals surface area contributed by atoms with Gasteiger partial charge in [-0.15, -0.1) is 0 Å². The number of hydrogen-bond acceptors (Lipinski definition) is 10. The van der Waals surface area contributed by atoms with Gasteiger partial charge in [0, 0.05) is 24.7 Å². The summed E-state index contributed by atoms with van der Waals surface area (Å²) in [7, 11) is 2.77. The number of fused-ring (bicyclic) bond motifs is 6. The van der Waals surface area contributed by atoms with Crippen molar-refractivity contribution in [1.29, 1.82) is 0 Å². The van der Waals surface area contributed by atoms with Crippen LogP contribution in [0.15, 0.2) is 10.3 Å². The second-order valence-electron chi connectivity index (χ2n) is 14.1. The Balaban J connectivity index is 0.000000175. The van der Waals surface area contributed by atoms with Gasteiger partial charge in [-0.05, 0) is 77.0 Å². The lowest BCUT2D eigenvalue weighted by Gasteiger charge is -2.55. The largest absolute Gasteiger partial charge is 0.469 e. The molecule has 14 heteroatoms. The highest BCUT2D eigenvalue weighted by Gasteiger charge is 2.65. The van der Waals surface area contributed by atoms with Crippen LogP contribution in [0, 0.1) is 21.7 Å². The van der Waals surface area contributed by atoms with Crippen LogP contribution in [0.3, 0.4) is 0 Å². The van der Waals surface area contributed by atoms with Gasteiger partial charge in [0.25, 0.3) is 5.92 Å². The Morgan fingerprint density at radius 1 is 0.727 bits per heavy atom. The van der Waals surface area contributed by atoms with Crippen LogP contribution in [0.2, 0.25) is 0 Å². The fraction of sp³-hybridized carbons (Fsp3) is 0.867. The van der Waals surface area contributed by atoms with Crippen molar-refractivity contribution in [2.24, 2.45) is 32.0 Å². The molecule has 2 N–H and O–H groups in total. The van der Waals surface area contributed by atoms with E-state index in [9.17, 15) is 37.4 Å². The molecular weight excluding hydrogens is 592 g/mol. The summed E-state index contributed by atoms with van der Waals surface area (Å²) in [5.41, 5.74) is -1.76. The van der Waals surface area contributed by atoms with E-state index in [1.54, 1.807) is 0 Å². The summed E-state index contributed by atoms with van der Waals surface area (Å²) in [4.78, 5) is 33.8. The Labute approximate surface area is 253 Å². The van der Waals surface area contributed by atoms with E-state index in [0.29, 0.717) is 89.7 Å². The van der Waals surface area contributed by atoms with Crippen LogP contribution < -0.4 is 0 Å². The summed E-state index contributed by atoms with van der Waals surface area (Å²) >= 11 is 0. The molecule has 4 bridgehead atoms. The van der Waals surface area contributed by atoms with Gasteiger partial charge in [-0.2, -0.15) is 8.78 Å². The minimum atomic E-state index is -3.38. The number of carbonyl (C=O) groups is 2. The van der Waals surface area contributed by atoms with Gasteiger partial charge in [0.2, 0.25) is 5.79 Å². The van der Waals surface area contributed by atoms with E-state index in [4.69, 9.17) is 19.1 Å². The molecule has 2 heterocycles. The average Bonchev–Trinajstić information content (AvgIpc) is 3.64. The van der Waals surface area contributed by atoms with Gasteiger partial charge in [0.15, 0.2) is 0 Å². The molecule has 0 spiro atoms. The molecule has 248 valence electrons. The Morgan fingerprint density at radius 2 is 1.18 bits per heavy atom. The number of alkyl halides is 4. The Morgan fingerprint density at radius 3 is 1.55 bits per heavy atom. The van der Waals surface area contributed by atoms with Crippen LogP contribution in [-0.4, -0.2) is 71.2 Å². The lowest BCUT2D eigenvalue weighted by Crippen LogP contribution is -2.57. The number of hydrogen-bond donors (Lipinski definition) is 2. The number of aliphatic hydroxyl groups is 2. The summed E-state index contributed by atoms with van der Waals surface area (Å²) in [6.07, 6.45) is 6.93. The van der Waals surface area contributed by atoms with Crippen molar-refractivity contribution in [3.8, 4) is 0 Å². The molecule has 0 aromatic rings. The first kappa shape index (κ1) is 32.9. The van der Waals surface area contributed by atoms with Crippen molar-refractivity contribution in [3.63, 3.8) is 0 Å². The molecule has 10 nitrogen and oxygen atoms in total. The SMILES string of the molecule is COC(=O)C12CCC(C3(O)CC(C(C)(F)F)=NO3)(CC1)CC2.COC(=O)C12CCC(C3=NOC(O)(C(C)(F)F)C3)(CC1)CC2. The fourth-order valence-electron chi connectivity index (χ4n) is 8.32. The van der Waals surface area contributed by atoms with Crippen LogP contribution in [0.1, 0.15) is 104 Å². The fourth-order valence-corrected chi connectivity index (χ4v) is 8.32. The number of carbonyl (C=O) groups excluding carboxylic acids is 2. The zero-order valence-corrected chi connectivity index (χ0v) is 25.6. The van der Waals surface area contributed by atoms with Crippen molar-refractivity contribution in [2.75, 3.05) is 14.2 Å². The van der Waals surface area contributed by atoms with Crippen molar-refractivity contribution < 1.29 is 56.5 Å². The summed E-state index contributed by atoms with van der Waals surface area (Å²) < 4.78 is 63.6. The second-order valence-corrected chi connectivity index (χ2v) is 14.1. The third-order valence-corrected chi connectivity index (χ3v) is 11.8. The predicted molar refractivity (Wildman–Crippen MR) is 147 cm³/mol. The van der Waals surface area contributed by atoms with Crippen LogP contribution in [0.25, 0.3) is 0 Å². The van der Waals surface area contributed by atoms with Crippen LogP contribution in [0.5, 0.6) is 0 Å². The molecule has 2 unspecified atom stereocenters. The minimum absolute atomic E-state index is 0.179. The molecule has 2 aliphatic heterocycles. The summed E-state index contributed by atoms with van der Waals surface area (Å²) in [5.74, 6) is -11.1. The summed E-state index contributed by atoms with van der Waals surface area (Å²) in [5, 5.41) is 28.0. The Kier molecular flexibility index (Phi) is 7.87. The average molecular weight is 635 g/mol. The van der Waals surface area contributed by atoms with Gasteiger partial charge < -0.3 is 29.4 Å². The third-order valence-electron chi connectivity index (χ3n) is 11.8. The van der Waals surface area contributed by atoms with E-state index < -0.39 is 45.4 Å². The molecule has 0 aromatic heterocycles. The molecule has 8 rings (SSSR count). The highest BCUT2D eigenvalue weighted by atomic mass is 19.3. The maximum absolute atomic E-state index is 13.5. The maximum Gasteiger partial charge on any atom is 0.311 e. The number of halogens is 4. The predicted octanol–water partition coefficient (Wildman–Crippen LogP) is 5.24. The standard InChI is InChI=1S/2C15H21F2NO4/c1-12(16,17)15(20)9-10(18-22-15)13-3-6-14(7-4-13,8-5-13)11(19)21-2;1-12(16,17)10-9-15(20,22-18-10)14-6-3-13(4-7-14,5-8-14)11(19)21-2/h2*20H,3-9H2,1-2H3. The molecular formula is C30H42F4N2O8. The molecule has 2 atom stereocenters. The molecule has 6 aliphatic carbocycles. The topological polar surface area (TPSA) is 136 Å². The highest BCUT2D eigenvalue weighted by molar-refractivity contribution is 5.93. The second kappa shape index (κ2) is 10.5. The minimum Gasteiger partial charge on any atom is -0.469 e. The van der Waals surface area contributed by atoms with Gasteiger partial charge in [-0.1, -0.05) is 10.3 Å². The van der Waals surface area contributed by atoms with Gasteiger partial charge in [0.05, 0.1) is 43.6 Å². The molecule has 6 saturated carbocycles. The van der Waals surface area contributed by atoms with Gasteiger partial charge >= 0.3 is 23.6 Å². The molecule has 0 amide bonds. The zero-order chi connectivity index (χ0) is 32.5. The lowest BCUT2D eigenvalue weighted by molar-refractivity contribution is -0.298. The molecule has 0 saturated heterocycles. The first-order valence-electron chi connectivity index (χ1n) is 15.2. The van der Waals surface area contributed by atoms with Crippen molar-refractivity contribution in [1.82, 2.24) is 0 Å². The smallest absolute Gasteiger partial charge is 0.311 e. The first-order valence-corrected chi connectivity index (χ1v) is 15.2. The monoisotopic (exact) mass is 634 g/mol. The Bertz CT molecular complexity index is 1200. The number of methoxy groups -OCH3 is 2. The van der Waals surface area contributed by atoms with Crippen molar-refractivity contribution in [3.05, 3.63) is 0 Å². The summed E-state index contributed by atoms with van der Waals surface area (Å²) in [6.45, 7) is 1.38. The van der Waals surface area contributed by atoms with Crippen molar-refractivity contribution >= 4 is 23.4 Å². The van der Waals surface area contributed by atoms with Crippen LogP contribution in [-0.2, 0) is 28.7 Å². The molecule has 0 radical (unpaired) electrons. The van der Waals surface area contributed by atoms with E-state index >= 15 is 0 Å². The number of oxime groups is 2. The van der Waals surface area contributed by atoms with E-state index in [0.717, 1.165) is 6.92 Å². The lowest BCUT2D eigenvalue weighted by atomic mass is 9.50. The maximum atomic E-state index is 13.5. The first-order chi connectivity index (χ1) is 20.3. The zero-order valence-electron chi connectivity index (χ0n) is 25.6. The molecule has 8 aliphatic rings. The Hall–Kier alpha value is -2.48. The van der Waals surface area contributed by atoms with E-state index in [2.05, 4.69) is 10.3 Å². The number of ether oxygens (including phenoxy) is 2. The van der Waals surface area contributed by atoms with Crippen LogP contribution in [0.4, 0.5) is 17.6 Å². The van der Waals surface area contributed by atoms with Gasteiger partial charge in [-0.25, -0.2) is 8.78 Å². The van der Waals surface area contributed by atoms with Crippen molar-refractivity contribution in [2.45, 2.75) is 127 Å². The number of rotatable bonds is 6. The van der Waals surface area contributed by atoms with E-state index in [-0.39, 0.29) is 30.2 Å². The molecule has 6 fully saturated rings. The quantitative estimate of drug-likeness (QED) is 0.299. The summed E-state index contributed by atoms with van der Waals surface area (Å²) in [6, 6.07) is 0. The van der Waals surface area contributed by atoms with E-state index in [1.807, 2.05) is 0 Å². The third kappa shape index (κ3) is 5.07. The van der Waals surface area contributed by atoms with Gasteiger partial charge in [-0.3, -0.25) is 9.59 Å². The number of nitrogens with zero attached hydrogens (tertiary/aromatic N) is 2. The highest BCUT2D eigenvalue weighted by Crippen LogP contribution is 2.63. The number of esters is 2. The van der Waals surface area contributed by atoms with E-state index in [1.165, 1.54) is 14.2 Å².